The van der Waals surface area contributed by atoms with E-state index >= 15 is 0 Å². The van der Waals surface area contributed by atoms with E-state index in [1.54, 1.807) is 7.28 Å². The van der Waals surface area contributed by atoms with Crippen LogP contribution in [-0.2, 0) is 11.2 Å². The van der Waals surface area contributed by atoms with Crippen molar-refractivity contribution in [3.63, 3.8) is 0 Å². The molecule has 2 heteroatoms. The Bertz CT molecular complexity index is 253. The molecule has 0 aromatic heterocycles. The SMILES string of the molecule is O=C1[B]c2ccccc2C1. The molecule has 0 spiro atoms. The van der Waals surface area contributed by atoms with Crippen LogP contribution in [0.4, 0.5) is 0 Å². The van der Waals surface area contributed by atoms with Crippen molar-refractivity contribution in [2.75, 3.05) is 0 Å². The summed E-state index contributed by atoms with van der Waals surface area (Å²) in [5, 5.41) is 0. The van der Waals surface area contributed by atoms with Crippen LogP contribution in [0.1, 0.15) is 5.56 Å². The van der Waals surface area contributed by atoms with Crippen LogP contribution in [-0.4, -0.2) is 13.0 Å². The fourth-order valence-electron chi connectivity index (χ4n) is 1.25. The lowest BCUT2D eigenvalue weighted by atomic mass is 9.71. The Morgan fingerprint density at radius 2 is 2.10 bits per heavy atom. The second kappa shape index (κ2) is 1.98. The summed E-state index contributed by atoms with van der Waals surface area (Å²) in [6, 6.07) is 7.89. The third kappa shape index (κ3) is 0.765. The Balaban J connectivity index is 2.51. The van der Waals surface area contributed by atoms with Crippen molar-refractivity contribution >= 4 is 18.4 Å². The summed E-state index contributed by atoms with van der Waals surface area (Å²) in [6.45, 7) is 0. The van der Waals surface area contributed by atoms with Crippen LogP contribution < -0.4 is 5.46 Å². The Morgan fingerprint density at radius 3 is 2.90 bits per heavy atom. The van der Waals surface area contributed by atoms with E-state index in [1.807, 2.05) is 24.3 Å². The van der Waals surface area contributed by atoms with Crippen molar-refractivity contribution in [1.82, 2.24) is 0 Å². The molecule has 0 saturated heterocycles. The van der Waals surface area contributed by atoms with E-state index in [9.17, 15) is 4.79 Å². The van der Waals surface area contributed by atoms with Crippen LogP contribution in [0.2, 0.25) is 0 Å². The van der Waals surface area contributed by atoms with Gasteiger partial charge in [0.25, 0.3) is 0 Å². The number of benzene rings is 1. The molecule has 0 N–H and O–H groups in total. The Kier molecular flexibility index (Phi) is 1.13. The minimum absolute atomic E-state index is 0.223. The van der Waals surface area contributed by atoms with E-state index in [2.05, 4.69) is 0 Å². The first kappa shape index (κ1) is 5.72. The lowest BCUT2D eigenvalue weighted by Gasteiger charge is -1.92. The van der Waals surface area contributed by atoms with Crippen molar-refractivity contribution in [1.29, 1.82) is 0 Å². The highest BCUT2D eigenvalue weighted by Crippen LogP contribution is 2.03. The molecule has 2 rings (SSSR count). The molecule has 1 nitrogen and oxygen atoms in total. The van der Waals surface area contributed by atoms with Crippen LogP contribution in [0.5, 0.6) is 0 Å². The third-order valence-corrected chi connectivity index (χ3v) is 1.74. The van der Waals surface area contributed by atoms with Crippen LogP contribution in [0.25, 0.3) is 0 Å². The average molecular weight is 129 g/mol. The predicted molar refractivity (Wildman–Crippen MR) is 40.5 cm³/mol. The van der Waals surface area contributed by atoms with Gasteiger partial charge in [-0.15, -0.1) is 0 Å². The van der Waals surface area contributed by atoms with Gasteiger partial charge in [-0.25, -0.2) is 0 Å². The Morgan fingerprint density at radius 1 is 1.30 bits per heavy atom. The van der Waals surface area contributed by atoms with Gasteiger partial charge < -0.3 is 4.79 Å². The summed E-state index contributed by atoms with van der Waals surface area (Å²) >= 11 is 0. The van der Waals surface area contributed by atoms with Crippen LogP contribution >= 0.6 is 0 Å². The minimum Gasteiger partial charge on any atom is -0.311 e. The van der Waals surface area contributed by atoms with Gasteiger partial charge in [-0.1, -0.05) is 29.7 Å². The molecule has 1 aliphatic heterocycles. The van der Waals surface area contributed by atoms with Gasteiger partial charge in [-0.3, -0.25) is 0 Å². The maximum atomic E-state index is 10.8. The largest absolute Gasteiger partial charge is 0.311 e. The molecular weight excluding hydrogens is 123 g/mol. The fraction of sp³-hybridized carbons (Fsp3) is 0.125. The second-order valence-electron chi connectivity index (χ2n) is 2.49. The summed E-state index contributed by atoms with van der Waals surface area (Å²) < 4.78 is 0. The van der Waals surface area contributed by atoms with Gasteiger partial charge in [0, 0.05) is 6.42 Å². The van der Waals surface area contributed by atoms with Gasteiger partial charge in [0.05, 0.1) is 5.68 Å². The highest BCUT2D eigenvalue weighted by atomic mass is 16.1. The molecule has 0 fully saturated rings. The highest BCUT2D eigenvalue weighted by Gasteiger charge is 2.18. The van der Waals surface area contributed by atoms with Crippen molar-refractivity contribution in [3.05, 3.63) is 29.8 Å². The zero-order chi connectivity index (χ0) is 6.97. The summed E-state index contributed by atoms with van der Waals surface area (Å²) in [6.07, 6.45) is 0.593. The van der Waals surface area contributed by atoms with E-state index in [1.165, 1.54) is 0 Å². The standard InChI is InChI=1S/C8H6BO/c10-8-5-6-3-1-2-4-7(6)9-8/h1-4H,5H2. The molecule has 0 unspecified atom stereocenters. The molecule has 0 bridgehead atoms. The summed E-state index contributed by atoms with van der Waals surface area (Å²) in [5.41, 5.74) is 2.47. The second-order valence-corrected chi connectivity index (χ2v) is 2.49. The molecule has 0 saturated carbocycles. The molecule has 1 aromatic carbocycles. The Labute approximate surface area is 60.3 Å². The molecule has 1 radical (unpaired) electrons. The first-order valence-corrected chi connectivity index (χ1v) is 3.32. The first-order valence-electron chi connectivity index (χ1n) is 3.32. The minimum atomic E-state index is 0.223. The lowest BCUT2D eigenvalue weighted by molar-refractivity contribution is -0.111. The first-order chi connectivity index (χ1) is 4.86. The maximum Gasteiger partial charge on any atom is 0.241 e. The normalized spacial score (nSPS) is 14.6. The predicted octanol–water partition coefficient (Wildman–Crippen LogP) is 0.0988. The average Bonchev–Trinajstić information content (AvgIpc) is 2.27. The van der Waals surface area contributed by atoms with Gasteiger partial charge in [0.15, 0.2) is 0 Å². The fourth-order valence-corrected chi connectivity index (χ4v) is 1.25. The zero-order valence-corrected chi connectivity index (χ0v) is 5.50. The molecule has 47 valence electrons. The third-order valence-electron chi connectivity index (χ3n) is 1.74. The van der Waals surface area contributed by atoms with Gasteiger partial charge >= 0.3 is 0 Å². The van der Waals surface area contributed by atoms with E-state index in [0.717, 1.165) is 11.0 Å². The lowest BCUT2D eigenvalue weighted by Crippen LogP contribution is -2.14. The molecule has 0 atom stereocenters. The van der Waals surface area contributed by atoms with Gasteiger partial charge in [0.1, 0.15) is 0 Å². The number of hydrogen-bond donors (Lipinski definition) is 0. The maximum absolute atomic E-state index is 10.8. The molecule has 1 aliphatic rings. The topological polar surface area (TPSA) is 17.1 Å². The van der Waals surface area contributed by atoms with E-state index in [4.69, 9.17) is 0 Å². The molecular formula is C8H6BO. The van der Waals surface area contributed by atoms with Crippen LogP contribution in [0.3, 0.4) is 0 Å². The van der Waals surface area contributed by atoms with Crippen molar-refractivity contribution in [2.24, 2.45) is 0 Å². The van der Waals surface area contributed by atoms with E-state index in [0.29, 0.717) is 6.42 Å². The molecule has 1 heterocycles. The quantitative estimate of drug-likeness (QED) is 0.454. The molecule has 0 amide bonds. The highest BCUT2D eigenvalue weighted by molar-refractivity contribution is 6.86. The smallest absolute Gasteiger partial charge is 0.241 e. The molecule has 0 aliphatic carbocycles. The zero-order valence-electron chi connectivity index (χ0n) is 5.50. The monoisotopic (exact) mass is 129 g/mol. The Hall–Kier alpha value is -1.05. The molecule has 1 aromatic rings. The molecule has 10 heavy (non-hydrogen) atoms. The van der Waals surface area contributed by atoms with Crippen molar-refractivity contribution in [2.45, 2.75) is 6.42 Å². The van der Waals surface area contributed by atoms with E-state index < -0.39 is 0 Å². The number of carbonyl (C=O) groups is 1. The van der Waals surface area contributed by atoms with Gasteiger partial charge in [-0.2, -0.15) is 0 Å². The van der Waals surface area contributed by atoms with Crippen LogP contribution in [0.15, 0.2) is 24.3 Å². The van der Waals surface area contributed by atoms with Crippen molar-refractivity contribution in [3.8, 4) is 0 Å². The number of rotatable bonds is 0. The summed E-state index contributed by atoms with van der Waals surface area (Å²) in [7, 11) is 1.70. The van der Waals surface area contributed by atoms with Crippen LogP contribution in [0, 0.1) is 0 Å². The van der Waals surface area contributed by atoms with Gasteiger partial charge in [-0.05, 0) is 5.56 Å². The van der Waals surface area contributed by atoms with E-state index in [-0.39, 0.29) is 5.68 Å². The number of carbonyl (C=O) groups excluding carboxylic acids is 1. The number of hydrogen-bond acceptors (Lipinski definition) is 1. The van der Waals surface area contributed by atoms with Gasteiger partial charge in [0.2, 0.25) is 7.28 Å². The number of fused-ring (bicyclic) bond motifs is 1. The summed E-state index contributed by atoms with van der Waals surface area (Å²) in [5.74, 6) is 0. The van der Waals surface area contributed by atoms with Crippen molar-refractivity contribution < 1.29 is 4.79 Å². The summed E-state index contributed by atoms with van der Waals surface area (Å²) in [4.78, 5) is 10.8.